The van der Waals surface area contributed by atoms with E-state index in [0.717, 1.165) is 5.56 Å². The van der Waals surface area contributed by atoms with Crippen molar-refractivity contribution in [3.8, 4) is 0 Å². The zero-order chi connectivity index (χ0) is 16.8. The van der Waals surface area contributed by atoms with Gasteiger partial charge < -0.3 is 10.1 Å². The van der Waals surface area contributed by atoms with Crippen LogP contribution in [0.4, 0.5) is 0 Å². The van der Waals surface area contributed by atoms with Crippen LogP contribution in [0.15, 0.2) is 29.4 Å². The van der Waals surface area contributed by atoms with Gasteiger partial charge in [-0.25, -0.2) is 10.2 Å². The van der Waals surface area contributed by atoms with E-state index in [4.69, 9.17) is 16.3 Å². The van der Waals surface area contributed by atoms with Gasteiger partial charge >= 0.3 is 5.97 Å². The van der Waals surface area contributed by atoms with Gasteiger partial charge in [-0.2, -0.15) is 5.10 Å². The normalized spacial score (nSPS) is 15.2. The lowest BCUT2D eigenvalue weighted by molar-refractivity contribution is -0.148. The van der Waals surface area contributed by atoms with E-state index in [2.05, 4.69) is 15.8 Å². The fraction of sp³-hybridized carbons (Fsp3) is 0.333. The molecule has 1 aromatic rings. The van der Waals surface area contributed by atoms with E-state index in [1.54, 1.807) is 18.2 Å². The Morgan fingerprint density at radius 1 is 1.39 bits per heavy atom. The van der Waals surface area contributed by atoms with Crippen molar-refractivity contribution in [2.75, 3.05) is 0 Å². The molecule has 1 atom stereocenters. The zero-order valence-electron chi connectivity index (χ0n) is 12.5. The average Bonchev–Trinajstić information content (AvgIpc) is 2.54. The second kappa shape index (κ2) is 7.73. The Hall–Kier alpha value is -2.41. The van der Waals surface area contributed by atoms with Crippen molar-refractivity contribution in [1.29, 1.82) is 0 Å². The molecule has 0 radical (unpaired) electrons. The van der Waals surface area contributed by atoms with Crippen molar-refractivity contribution >= 4 is 35.1 Å². The van der Waals surface area contributed by atoms with Crippen LogP contribution in [0.1, 0.15) is 25.3 Å². The van der Waals surface area contributed by atoms with Crippen molar-refractivity contribution in [3.63, 3.8) is 0 Å². The summed E-state index contributed by atoms with van der Waals surface area (Å²) < 4.78 is 5.04. The monoisotopic (exact) mass is 337 g/mol. The number of nitrogens with zero attached hydrogens (tertiary/aromatic N) is 1. The molecule has 122 valence electrons. The number of ether oxygens (including phenoxy) is 1. The fourth-order valence-electron chi connectivity index (χ4n) is 1.87. The van der Waals surface area contributed by atoms with Crippen molar-refractivity contribution in [3.05, 3.63) is 34.9 Å². The Balaban J connectivity index is 1.84. The van der Waals surface area contributed by atoms with Crippen LogP contribution in [-0.2, 0) is 25.7 Å². The molecule has 0 fully saturated rings. The highest BCUT2D eigenvalue weighted by Crippen LogP contribution is 2.14. The maximum Gasteiger partial charge on any atom is 0.355 e. The number of rotatable bonds is 5. The molecular formula is C15H16ClN3O4. The van der Waals surface area contributed by atoms with Crippen LogP contribution < -0.4 is 10.7 Å². The quantitative estimate of drug-likeness (QED) is 0.788. The van der Waals surface area contributed by atoms with Gasteiger partial charge in [0, 0.05) is 24.4 Å². The third-order valence-corrected chi connectivity index (χ3v) is 3.57. The standard InChI is InChI=1S/C15H16ClN3O4/c1-9(23-15(22)12-6-7-13(20)19-18-12)14(21)17-8-10-4-2-3-5-11(10)16/h2-5,9H,6-8H2,1H3,(H,17,21)(H,19,20)/t9-/m1/s1. The third kappa shape index (κ3) is 4.79. The lowest BCUT2D eigenvalue weighted by atomic mass is 10.2. The summed E-state index contributed by atoms with van der Waals surface area (Å²) in [6.45, 7) is 1.69. The Labute approximate surface area is 138 Å². The second-order valence-electron chi connectivity index (χ2n) is 4.95. The largest absolute Gasteiger partial charge is 0.448 e. The van der Waals surface area contributed by atoms with Crippen molar-refractivity contribution < 1.29 is 19.1 Å². The van der Waals surface area contributed by atoms with Gasteiger partial charge in [-0.3, -0.25) is 9.59 Å². The molecule has 0 aliphatic carbocycles. The van der Waals surface area contributed by atoms with Crippen LogP contribution in [-0.4, -0.2) is 29.6 Å². The van der Waals surface area contributed by atoms with Crippen molar-refractivity contribution in [2.45, 2.75) is 32.4 Å². The smallest absolute Gasteiger partial charge is 0.355 e. The molecule has 2 rings (SSSR count). The minimum atomic E-state index is -0.981. The van der Waals surface area contributed by atoms with Crippen LogP contribution in [0.2, 0.25) is 5.02 Å². The summed E-state index contributed by atoms with van der Waals surface area (Å²) in [6.07, 6.45) is -0.620. The predicted molar refractivity (Wildman–Crippen MR) is 83.7 cm³/mol. The Bertz CT molecular complexity index is 660. The van der Waals surface area contributed by atoms with E-state index in [1.165, 1.54) is 6.92 Å². The number of nitrogens with one attached hydrogen (secondary N) is 2. The van der Waals surface area contributed by atoms with E-state index in [9.17, 15) is 14.4 Å². The highest BCUT2D eigenvalue weighted by atomic mass is 35.5. The number of esters is 1. The number of hydrogen-bond acceptors (Lipinski definition) is 5. The Morgan fingerprint density at radius 2 is 2.13 bits per heavy atom. The van der Waals surface area contributed by atoms with E-state index < -0.39 is 18.0 Å². The fourth-order valence-corrected chi connectivity index (χ4v) is 2.07. The zero-order valence-corrected chi connectivity index (χ0v) is 13.2. The van der Waals surface area contributed by atoms with Crippen molar-refractivity contribution in [2.24, 2.45) is 5.10 Å². The number of hydrogen-bond donors (Lipinski definition) is 2. The summed E-state index contributed by atoms with van der Waals surface area (Å²) in [5.74, 6) is -1.42. The molecule has 8 heteroatoms. The molecule has 23 heavy (non-hydrogen) atoms. The van der Waals surface area contributed by atoms with E-state index in [0.29, 0.717) is 5.02 Å². The van der Waals surface area contributed by atoms with E-state index >= 15 is 0 Å². The Kier molecular flexibility index (Phi) is 5.70. The van der Waals surface area contributed by atoms with Gasteiger partial charge in [0.05, 0.1) is 0 Å². The predicted octanol–water partition coefficient (Wildman–Crippen LogP) is 1.15. The van der Waals surface area contributed by atoms with E-state index in [1.807, 2.05) is 6.07 Å². The average molecular weight is 338 g/mol. The van der Waals surface area contributed by atoms with Crippen LogP contribution in [0, 0.1) is 0 Å². The number of halogens is 1. The molecule has 0 unspecified atom stereocenters. The summed E-state index contributed by atoms with van der Waals surface area (Å²) in [7, 11) is 0. The first-order valence-electron chi connectivity index (χ1n) is 7.05. The highest BCUT2D eigenvalue weighted by molar-refractivity contribution is 6.37. The molecule has 1 heterocycles. The maximum absolute atomic E-state index is 12.0. The van der Waals surface area contributed by atoms with Gasteiger partial charge in [-0.1, -0.05) is 29.8 Å². The van der Waals surface area contributed by atoms with Crippen LogP contribution in [0.3, 0.4) is 0 Å². The number of carbonyl (C=O) groups excluding carboxylic acids is 3. The minimum absolute atomic E-state index is 0.0929. The van der Waals surface area contributed by atoms with Crippen molar-refractivity contribution in [1.82, 2.24) is 10.7 Å². The van der Waals surface area contributed by atoms with E-state index in [-0.39, 0.29) is 31.0 Å². The maximum atomic E-state index is 12.0. The molecule has 2 N–H and O–H groups in total. The van der Waals surface area contributed by atoms with Gasteiger partial charge in [-0.05, 0) is 18.6 Å². The molecule has 0 spiro atoms. The van der Waals surface area contributed by atoms with Crippen LogP contribution in [0.5, 0.6) is 0 Å². The molecule has 1 aliphatic heterocycles. The molecule has 0 saturated heterocycles. The molecule has 2 amide bonds. The molecule has 1 aromatic carbocycles. The van der Waals surface area contributed by atoms with Crippen LogP contribution >= 0.6 is 11.6 Å². The lowest BCUT2D eigenvalue weighted by Crippen LogP contribution is -2.38. The second-order valence-corrected chi connectivity index (χ2v) is 5.36. The SMILES string of the molecule is C[C@@H](OC(=O)C1=NNC(=O)CC1)C(=O)NCc1ccccc1Cl. The van der Waals surface area contributed by atoms with Gasteiger partial charge in [0.25, 0.3) is 5.91 Å². The first-order chi connectivity index (χ1) is 11.0. The highest BCUT2D eigenvalue weighted by Gasteiger charge is 2.24. The summed E-state index contributed by atoms with van der Waals surface area (Å²) in [5, 5.41) is 6.81. The summed E-state index contributed by atoms with van der Waals surface area (Å²) >= 11 is 6.00. The Morgan fingerprint density at radius 3 is 2.78 bits per heavy atom. The molecule has 1 aliphatic rings. The first kappa shape index (κ1) is 17.0. The number of amides is 2. The summed E-state index contributed by atoms with van der Waals surface area (Å²) in [6, 6.07) is 7.12. The van der Waals surface area contributed by atoms with Gasteiger partial charge in [-0.15, -0.1) is 0 Å². The number of hydrazone groups is 1. The third-order valence-electron chi connectivity index (χ3n) is 3.20. The molecular weight excluding hydrogens is 322 g/mol. The van der Waals surface area contributed by atoms with Gasteiger partial charge in [0.1, 0.15) is 5.71 Å². The summed E-state index contributed by atoms with van der Waals surface area (Å²) in [5.41, 5.74) is 3.06. The topological polar surface area (TPSA) is 96.9 Å². The molecule has 7 nitrogen and oxygen atoms in total. The minimum Gasteiger partial charge on any atom is -0.448 e. The van der Waals surface area contributed by atoms with Gasteiger partial charge in [0.2, 0.25) is 5.91 Å². The van der Waals surface area contributed by atoms with Gasteiger partial charge in [0.15, 0.2) is 6.10 Å². The number of benzene rings is 1. The molecule has 0 aromatic heterocycles. The van der Waals surface area contributed by atoms with Crippen LogP contribution in [0.25, 0.3) is 0 Å². The summed E-state index contributed by atoms with van der Waals surface area (Å²) in [4.78, 5) is 34.8. The lowest BCUT2D eigenvalue weighted by Gasteiger charge is -2.16. The molecule has 0 saturated carbocycles. The molecule has 0 bridgehead atoms. The first-order valence-corrected chi connectivity index (χ1v) is 7.42. The number of carbonyl (C=O) groups is 3.